The van der Waals surface area contributed by atoms with E-state index in [-0.39, 0.29) is 6.61 Å². The third kappa shape index (κ3) is 5.10. The average Bonchev–Trinajstić information content (AvgIpc) is 3.43. The second-order valence-corrected chi connectivity index (χ2v) is 8.51. The monoisotopic (exact) mass is 426 g/mol. The van der Waals surface area contributed by atoms with Gasteiger partial charge in [-0.15, -0.1) is 11.3 Å². The summed E-state index contributed by atoms with van der Waals surface area (Å²) in [6.07, 6.45) is 4.73. The molecule has 30 heavy (non-hydrogen) atoms. The van der Waals surface area contributed by atoms with Crippen molar-refractivity contribution in [2.75, 3.05) is 32.8 Å². The molecule has 1 saturated heterocycles. The number of piperazine rings is 1. The number of aromatic nitrogens is 2. The van der Waals surface area contributed by atoms with Crippen LogP contribution in [-0.2, 0) is 13.1 Å². The van der Waals surface area contributed by atoms with E-state index >= 15 is 0 Å². The summed E-state index contributed by atoms with van der Waals surface area (Å²) in [6, 6.07) is 13.0. The van der Waals surface area contributed by atoms with E-state index in [1.807, 2.05) is 30.6 Å². The lowest BCUT2D eigenvalue weighted by Crippen LogP contribution is -2.52. The van der Waals surface area contributed by atoms with Crippen molar-refractivity contribution in [3.63, 3.8) is 0 Å². The molecule has 1 N–H and O–H groups in total. The van der Waals surface area contributed by atoms with E-state index in [2.05, 4.69) is 49.8 Å². The summed E-state index contributed by atoms with van der Waals surface area (Å²) < 4.78 is 7.73. The van der Waals surface area contributed by atoms with Crippen molar-refractivity contribution in [1.29, 1.82) is 0 Å². The lowest BCUT2D eigenvalue weighted by molar-refractivity contribution is 0.0492. The molecule has 0 saturated carbocycles. The second kappa shape index (κ2) is 10.2. The zero-order valence-corrected chi connectivity index (χ0v) is 18.3. The number of aliphatic hydroxyl groups excluding tert-OH is 1. The first-order chi connectivity index (χ1) is 14.8. The molecule has 7 heteroatoms. The number of rotatable bonds is 9. The molecule has 1 atom stereocenters. The van der Waals surface area contributed by atoms with Gasteiger partial charge in [0.25, 0.3) is 0 Å². The van der Waals surface area contributed by atoms with Crippen molar-refractivity contribution in [1.82, 2.24) is 19.4 Å². The van der Waals surface area contributed by atoms with Gasteiger partial charge in [-0.3, -0.25) is 14.4 Å². The molecule has 6 nitrogen and oxygen atoms in total. The van der Waals surface area contributed by atoms with E-state index in [0.29, 0.717) is 12.6 Å². The van der Waals surface area contributed by atoms with Crippen molar-refractivity contribution >= 4 is 11.3 Å². The number of thiazole rings is 1. The first-order valence-electron chi connectivity index (χ1n) is 10.6. The van der Waals surface area contributed by atoms with Gasteiger partial charge in [-0.05, 0) is 43.2 Å². The molecule has 3 aromatic rings. The topological polar surface area (TPSA) is 53.8 Å². The quantitative estimate of drug-likeness (QED) is 0.568. The molecule has 0 bridgehead atoms. The minimum atomic E-state index is 0.216. The van der Waals surface area contributed by atoms with Crippen LogP contribution in [0.1, 0.15) is 24.6 Å². The SMILES string of the molecule is CCOc1ccc(CN2CCN(Cc3cccn3-c3nccs3)C[C@H]2CCO)cc1. The lowest BCUT2D eigenvalue weighted by Gasteiger charge is -2.41. The van der Waals surface area contributed by atoms with Gasteiger partial charge in [0.2, 0.25) is 0 Å². The highest BCUT2D eigenvalue weighted by Gasteiger charge is 2.27. The molecule has 3 heterocycles. The summed E-state index contributed by atoms with van der Waals surface area (Å²) in [5, 5.41) is 12.7. The predicted molar refractivity (Wildman–Crippen MR) is 120 cm³/mol. The molecule has 2 aromatic heterocycles. The van der Waals surface area contributed by atoms with Gasteiger partial charge in [0, 0.05) is 68.8 Å². The van der Waals surface area contributed by atoms with Gasteiger partial charge in [0.1, 0.15) is 5.75 Å². The van der Waals surface area contributed by atoms with E-state index in [0.717, 1.165) is 50.0 Å². The third-order valence-corrected chi connectivity index (χ3v) is 6.39. The third-order valence-electron chi connectivity index (χ3n) is 5.62. The van der Waals surface area contributed by atoms with Crippen LogP contribution >= 0.6 is 11.3 Å². The van der Waals surface area contributed by atoms with Gasteiger partial charge in [-0.25, -0.2) is 4.98 Å². The normalized spacial score (nSPS) is 18.0. The Balaban J connectivity index is 1.39. The first kappa shape index (κ1) is 21.1. The molecule has 0 amide bonds. The van der Waals surface area contributed by atoms with Crippen LogP contribution in [0.2, 0.25) is 0 Å². The molecule has 1 aromatic carbocycles. The number of hydrogen-bond acceptors (Lipinski definition) is 6. The van der Waals surface area contributed by atoms with E-state index in [9.17, 15) is 5.11 Å². The minimum Gasteiger partial charge on any atom is -0.494 e. The predicted octanol–water partition coefficient (Wildman–Crippen LogP) is 3.40. The number of hydrogen-bond donors (Lipinski definition) is 1. The zero-order valence-electron chi connectivity index (χ0n) is 17.5. The van der Waals surface area contributed by atoms with E-state index in [1.165, 1.54) is 11.3 Å². The molecule has 4 rings (SSSR count). The molecule has 1 fully saturated rings. The van der Waals surface area contributed by atoms with Crippen LogP contribution < -0.4 is 4.74 Å². The van der Waals surface area contributed by atoms with Crippen LogP contribution in [-0.4, -0.2) is 63.3 Å². The van der Waals surface area contributed by atoms with Crippen LogP contribution in [0.5, 0.6) is 5.75 Å². The van der Waals surface area contributed by atoms with Gasteiger partial charge >= 0.3 is 0 Å². The van der Waals surface area contributed by atoms with E-state index < -0.39 is 0 Å². The Hall–Kier alpha value is -2.19. The van der Waals surface area contributed by atoms with Crippen LogP contribution in [0.4, 0.5) is 0 Å². The van der Waals surface area contributed by atoms with Crippen molar-refractivity contribution in [2.45, 2.75) is 32.5 Å². The summed E-state index contributed by atoms with van der Waals surface area (Å²) >= 11 is 1.65. The second-order valence-electron chi connectivity index (χ2n) is 7.63. The Morgan fingerprint density at radius 3 is 2.77 bits per heavy atom. The molecule has 0 aliphatic carbocycles. The van der Waals surface area contributed by atoms with Crippen molar-refractivity contribution in [3.05, 3.63) is 65.4 Å². The number of aliphatic hydroxyl groups is 1. The van der Waals surface area contributed by atoms with Crippen LogP contribution in [0.15, 0.2) is 54.2 Å². The molecule has 0 radical (unpaired) electrons. The van der Waals surface area contributed by atoms with Gasteiger partial charge in [0.15, 0.2) is 5.13 Å². The molecule has 0 unspecified atom stereocenters. The summed E-state index contributed by atoms with van der Waals surface area (Å²) in [6.45, 7) is 7.67. The number of nitrogens with zero attached hydrogens (tertiary/aromatic N) is 4. The summed E-state index contributed by atoms with van der Waals surface area (Å²) in [7, 11) is 0. The molecule has 0 spiro atoms. The number of ether oxygens (including phenoxy) is 1. The minimum absolute atomic E-state index is 0.216. The Kier molecular flexibility index (Phi) is 7.17. The molecular weight excluding hydrogens is 396 g/mol. The molecule has 160 valence electrons. The maximum atomic E-state index is 9.64. The fourth-order valence-corrected chi connectivity index (χ4v) is 4.78. The standard InChI is InChI=1S/C23H30N4O2S/c1-2-29-22-7-5-19(6-8-22)16-26-13-12-25(17-20(26)9-14-28)18-21-4-3-11-27(21)23-24-10-15-30-23/h3-8,10-11,15,20,28H,2,9,12-14,16-18H2,1H3/t20-/m1/s1. The maximum Gasteiger partial charge on any atom is 0.193 e. The summed E-state index contributed by atoms with van der Waals surface area (Å²) in [5.74, 6) is 0.918. The lowest BCUT2D eigenvalue weighted by atomic mass is 10.1. The highest BCUT2D eigenvalue weighted by Crippen LogP contribution is 2.22. The van der Waals surface area contributed by atoms with Crippen molar-refractivity contribution in [3.8, 4) is 10.9 Å². The van der Waals surface area contributed by atoms with Crippen LogP contribution in [0, 0.1) is 0 Å². The van der Waals surface area contributed by atoms with Crippen LogP contribution in [0.3, 0.4) is 0 Å². The van der Waals surface area contributed by atoms with Crippen LogP contribution in [0.25, 0.3) is 5.13 Å². The Morgan fingerprint density at radius 1 is 1.17 bits per heavy atom. The average molecular weight is 427 g/mol. The Bertz CT molecular complexity index is 894. The highest BCUT2D eigenvalue weighted by atomic mass is 32.1. The highest BCUT2D eigenvalue weighted by molar-refractivity contribution is 7.12. The Morgan fingerprint density at radius 2 is 2.03 bits per heavy atom. The first-order valence-corrected chi connectivity index (χ1v) is 11.5. The van der Waals surface area contributed by atoms with Gasteiger partial charge in [-0.2, -0.15) is 0 Å². The number of benzene rings is 1. The largest absolute Gasteiger partial charge is 0.494 e. The van der Waals surface area contributed by atoms with Gasteiger partial charge in [0.05, 0.1) is 6.61 Å². The summed E-state index contributed by atoms with van der Waals surface area (Å²) in [4.78, 5) is 9.44. The molecule has 1 aliphatic heterocycles. The van der Waals surface area contributed by atoms with Gasteiger partial charge < -0.3 is 9.84 Å². The molecular formula is C23H30N4O2S. The zero-order chi connectivity index (χ0) is 20.8. The molecule has 1 aliphatic rings. The van der Waals surface area contributed by atoms with E-state index in [4.69, 9.17) is 4.74 Å². The fraction of sp³-hybridized carbons (Fsp3) is 0.435. The van der Waals surface area contributed by atoms with E-state index in [1.54, 1.807) is 11.3 Å². The summed E-state index contributed by atoms with van der Waals surface area (Å²) in [5.41, 5.74) is 2.54. The van der Waals surface area contributed by atoms with Gasteiger partial charge in [-0.1, -0.05) is 12.1 Å². The fourth-order valence-electron chi connectivity index (χ4n) is 4.12. The maximum absolute atomic E-state index is 9.64. The Labute approximate surface area is 182 Å². The smallest absolute Gasteiger partial charge is 0.193 e. The van der Waals surface area contributed by atoms with Crippen molar-refractivity contribution in [2.24, 2.45) is 0 Å². The van der Waals surface area contributed by atoms with Crippen molar-refractivity contribution < 1.29 is 9.84 Å².